The first-order valence-electron chi connectivity index (χ1n) is 11.3. The van der Waals surface area contributed by atoms with Crippen molar-refractivity contribution in [2.45, 2.75) is 19.3 Å². The van der Waals surface area contributed by atoms with Crippen molar-refractivity contribution in [3.05, 3.63) is 60.0 Å². The number of carbonyl (C=O) groups is 1. The van der Waals surface area contributed by atoms with E-state index in [1.165, 1.54) is 29.8 Å². The molecule has 2 saturated heterocycles. The molecule has 0 bridgehead atoms. The maximum Gasteiger partial charge on any atom is 0.387 e. The SMILES string of the molecule is O=C(c1nnc(-c2ccc(OC(F)F)cc2)o1)N1CC(Oc2ccc(CN3CCOCC3)cc2)C1. The molecule has 184 valence electrons. The summed E-state index contributed by atoms with van der Waals surface area (Å²) in [5.74, 6) is 0.355. The molecule has 11 heteroatoms. The molecule has 0 N–H and O–H groups in total. The molecule has 9 nitrogen and oxygen atoms in total. The number of rotatable bonds is 8. The van der Waals surface area contributed by atoms with Gasteiger partial charge in [-0.15, -0.1) is 10.2 Å². The second kappa shape index (κ2) is 10.4. The van der Waals surface area contributed by atoms with Gasteiger partial charge in [0.25, 0.3) is 0 Å². The van der Waals surface area contributed by atoms with E-state index >= 15 is 0 Å². The summed E-state index contributed by atoms with van der Waals surface area (Å²) in [4.78, 5) is 16.6. The molecule has 35 heavy (non-hydrogen) atoms. The van der Waals surface area contributed by atoms with Gasteiger partial charge in [-0.2, -0.15) is 8.78 Å². The maximum absolute atomic E-state index is 12.6. The Morgan fingerprint density at radius 2 is 1.69 bits per heavy atom. The third kappa shape index (κ3) is 5.75. The summed E-state index contributed by atoms with van der Waals surface area (Å²) in [5, 5.41) is 7.70. The van der Waals surface area contributed by atoms with Gasteiger partial charge in [-0.05, 0) is 42.0 Å². The van der Waals surface area contributed by atoms with Crippen molar-refractivity contribution in [1.82, 2.24) is 20.0 Å². The fourth-order valence-electron chi connectivity index (χ4n) is 3.90. The summed E-state index contributed by atoms with van der Waals surface area (Å²) >= 11 is 0. The Labute approximate surface area is 200 Å². The minimum Gasteiger partial charge on any atom is -0.487 e. The lowest BCUT2D eigenvalue weighted by Gasteiger charge is -2.38. The summed E-state index contributed by atoms with van der Waals surface area (Å²) in [6.45, 7) is 2.22. The predicted octanol–water partition coefficient (Wildman–Crippen LogP) is 3.07. The van der Waals surface area contributed by atoms with Gasteiger partial charge >= 0.3 is 18.4 Å². The lowest BCUT2D eigenvalue weighted by atomic mass is 10.1. The lowest BCUT2D eigenvalue weighted by Crippen LogP contribution is -2.56. The van der Waals surface area contributed by atoms with Crippen LogP contribution in [0, 0.1) is 0 Å². The van der Waals surface area contributed by atoms with E-state index in [4.69, 9.17) is 13.9 Å². The number of nitrogens with zero attached hydrogens (tertiary/aromatic N) is 4. The van der Waals surface area contributed by atoms with Crippen LogP contribution in [0.1, 0.15) is 16.2 Å². The molecule has 2 aromatic carbocycles. The third-order valence-electron chi connectivity index (χ3n) is 5.81. The zero-order valence-corrected chi connectivity index (χ0v) is 18.8. The Kier molecular flexibility index (Phi) is 6.87. The molecular weight excluding hydrogens is 462 g/mol. The average molecular weight is 486 g/mol. The Hall–Kier alpha value is -3.57. The molecule has 0 unspecified atom stereocenters. The van der Waals surface area contributed by atoms with Crippen molar-refractivity contribution in [3.8, 4) is 23.0 Å². The van der Waals surface area contributed by atoms with Gasteiger partial charge in [0.2, 0.25) is 5.89 Å². The van der Waals surface area contributed by atoms with Gasteiger partial charge in [0, 0.05) is 25.2 Å². The largest absolute Gasteiger partial charge is 0.487 e. The van der Waals surface area contributed by atoms with Gasteiger partial charge in [-0.25, -0.2) is 0 Å². The number of ether oxygens (including phenoxy) is 3. The number of halogens is 2. The third-order valence-corrected chi connectivity index (χ3v) is 5.81. The van der Waals surface area contributed by atoms with Gasteiger partial charge < -0.3 is 23.5 Å². The van der Waals surface area contributed by atoms with Crippen LogP contribution in [0.15, 0.2) is 52.9 Å². The molecule has 5 rings (SSSR count). The van der Waals surface area contributed by atoms with E-state index in [0.29, 0.717) is 18.7 Å². The van der Waals surface area contributed by atoms with E-state index in [0.717, 1.165) is 38.6 Å². The molecule has 3 aromatic rings. The summed E-state index contributed by atoms with van der Waals surface area (Å²) in [6.07, 6.45) is -0.117. The summed E-state index contributed by atoms with van der Waals surface area (Å²) in [7, 11) is 0. The highest BCUT2D eigenvalue weighted by molar-refractivity contribution is 5.90. The van der Waals surface area contributed by atoms with Crippen LogP contribution in [-0.2, 0) is 11.3 Å². The number of benzene rings is 2. The number of hydrogen-bond donors (Lipinski definition) is 0. The van der Waals surface area contributed by atoms with Crippen LogP contribution in [0.4, 0.5) is 8.78 Å². The normalized spacial score (nSPS) is 16.8. The second-order valence-corrected chi connectivity index (χ2v) is 8.30. The molecule has 2 aliphatic heterocycles. The van der Waals surface area contributed by atoms with Crippen molar-refractivity contribution < 1.29 is 32.2 Å². The first-order chi connectivity index (χ1) is 17.0. The fraction of sp³-hybridized carbons (Fsp3) is 0.375. The van der Waals surface area contributed by atoms with E-state index < -0.39 is 6.61 Å². The monoisotopic (exact) mass is 486 g/mol. The van der Waals surface area contributed by atoms with E-state index in [1.807, 2.05) is 12.1 Å². The Morgan fingerprint density at radius 3 is 2.37 bits per heavy atom. The van der Waals surface area contributed by atoms with Crippen LogP contribution in [0.3, 0.4) is 0 Å². The average Bonchev–Trinajstić information content (AvgIpc) is 3.33. The van der Waals surface area contributed by atoms with Crippen LogP contribution in [0.25, 0.3) is 11.5 Å². The van der Waals surface area contributed by atoms with E-state index in [9.17, 15) is 13.6 Å². The zero-order chi connectivity index (χ0) is 24.2. The minimum absolute atomic E-state index is 0.0120. The van der Waals surface area contributed by atoms with Crippen molar-refractivity contribution in [1.29, 1.82) is 0 Å². The molecule has 2 fully saturated rings. The van der Waals surface area contributed by atoms with E-state index in [2.05, 4.69) is 32.0 Å². The van der Waals surface area contributed by atoms with Crippen LogP contribution >= 0.6 is 0 Å². The Balaban J connectivity index is 1.10. The van der Waals surface area contributed by atoms with Crippen molar-refractivity contribution in [2.75, 3.05) is 39.4 Å². The minimum atomic E-state index is -2.91. The molecule has 3 heterocycles. The number of alkyl halides is 2. The molecule has 0 aliphatic carbocycles. The molecule has 1 aromatic heterocycles. The highest BCUT2D eigenvalue weighted by Gasteiger charge is 2.35. The smallest absolute Gasteiger partial charge is 0.387 e. The van der Waals surface area contributed by atoms with Crippen LogP contribution < -0.4 is 9.47 Å². The predicted molar refractivity (Wildman–Crippen MR) is 119 cm³/mol. The van der Waals surface area contributed by atoms with Crippen LogP contribution in [-0.4, -0.2) is 78.0 Å². The van der Waals surface area contributed by atoms with E-state index in [-0.39, 0.29) is 29.5 Å². The second-order valence-electron chi connectivity index (χ2n) is 8.30. The molecule has 0 radical (unpaired) electrons. The standard InChI is InChI=1S/C24H24F2N4O5/c25-24(26)34-19-7-3-17(4-8-19)21-27-28-22(35-21)23(31)30-14-20(15-30)33-18-5-1-16(2-6-18)13-29-9-11-32-12-10-29/h1-8,20,24H,9-15H2. The Bertz CT molecular complexity index is 1130. The summed E-state index contributed by atoms with van der Waals surface area (Å²) < 4.78 is 45.7. The van der Waals surface area contributed by atoms with Crippen molar-refractivity contribution in [3.63, 3.8) is 0 Å². The zero-order valence-electron chi connectivity index (χ0n) is 18.8. The van der Waals surface area contributed by atoms with Gasteiger partial charge in [0.15, 0.2) is 0 Å². The van der Waals surface area contributed by atoms with Crippen LogP contribution in [0.5, 0.6) is 11.5 Å². The number of likely N-dealkylation sites (tertiary alicyclic amines) is 1. The van der Waals surface area contributed by atoms with Gasteiger partial charge in [0.05, 0.1) is 26.3 Å². The quantitative estimate of drug-likeness (QED) is 0.480. The molecule has 0 spiro atoms. The Morgan fingerprint density at radius 1 is 1.00 bits per heavy atom. The van der Waals surface area contributed by atoms with Crippen molar-refractivity contribution >= 4 is 5.91 Å². The molecule has 0 saturated carbocycles. The first kappa shape index (κ1) is 23.2. The number of morpholine rings is 1. The van der Waals surface area contributed by atoms with Gasteiger partial charge in [-0.1, -0.05) is 12.1 Å². The molecular formula is C24H24F2N4O5. The van der Waals surface area contributed by atoms with Crippen LogP contribution in [0.2, 0.25) is 0 Å². The molecule has 1 amide bonds. The topological polar surface area (TPSA) is 90.2 Å². The highest BCUT2D eigenvalue weighted by atomic mass is 19.3. The molecule has 0 atom stereocenters. The number of hydrogen-bond acceptors (Lipinski definition) is 8. The van der Waals surface area contributed by atoms with Crippen molar-refractivity contribution in [2.24, 2.45) is 0 Å². The number of carbonyl (C=O) groups excluding carboxylic acids is 1. The first-order valence-corrected chi connectivity index (χ1v) is 11.3. The highest BCUT2D eigenvalue weighted by Crippen LogP contribution is 2.24. The molecule has 2 aliphatic rings. The fourth-order valence-corrected chi connectivity index (χ4v) is 3.90. The van der Waals surface area contributed by atoms with Gasteiger partial charge in [-0.3, -0.25) is 9.69 Å². The maximum atomic E-state index is 12.6. The lowest BCUT2D eigenvalue weighted by molar-refractivity contribution is -0.0498. The van der Waals surface area contributed by atoms with E-state index in [1.54, 1.807) is 4.90 Å². The summed E-state index contributed by atoms with van der Waals surface area (Å²) in [5.41, 5.74) is 1.70. The van der Waals surface area contributed by atoms with Gasteiger partial charge in [0.1, 0.15) is 17.6 Å². The number of aromatic nitrogens is 2. The summed E-state index contributed by atoms with van der Waals surface area (Å²) in [6, 6.07) is 13.7. The number of amides is 1.